The number of halogens is 4. The molecule has 0 radical (unpaired) electrons. The summed E-state index contributed by atoms with van der Waals surface area (Å²) in [5.74, 6) is 0.420. The summed E-state index contributed by atoms with van der Waals surface area (Å²) in [6, 6.07) is 3.96. The fourth-order valence-electron chi connectivity index (χ4n) is 1.72. The van der Waals surface area contributed by atoms with Crippen LogP contribution in [0.15, 0.2) is 28.9 Å². The number of aromatic nitrogens is 2. The summed E-state index contributed by atoms with van der Waals surface area (Å²) in [5.41, 5.74) is 5.66. The number of hydrogen-bond acceptors (Lipinski definition) is 3. The Balaban J connectivity index is 2.24. The van der Waals surface area contributed by atoms with E-state index in [2.05, 4.69) is 26.3 Å². The maximum absolute atomic E-state index is 12.9. The van der Waals surface area contributed by atoms with Crippen molar-refractivity contribution in [1.29, 1.82) is 0 Å². The zero-order valence-electron chi connectivity index (χ0n) is 10.5. The largest absolute Gasteiger partial charge is 0.418 e. The monoisotopic (exact) mass is 348 g/mol. The molecule has 20 heavy (non-hydrogen) atoms. The summed E-state index contributed by atoms with van der Waals surface area (Å²) >= 11 is 3.04. The molecule has 0 bridgehead atoms. The van der Waals surface area contributed by atoms with Gasteiger partial charge in [-0.25, -0.2) is 0 Å². The van der Waals surface area contributed by atoms with Crippen molar-refractivity contribution in [3.05, 3.63) is 40.0 Å². The number of alkyl halides is 3. The van der Waals surface area contributed by atoms with Crippen LogP contribution in [0.5, 0.6) is 0 Å². The summed E-state index contributed by atoms with van der Waals surface area (Å²) in [7, 11) is 1.67. The third-order valence-corrected chi connectivity index (χ3v) is 3.31. The van der Waals surface area contributed by atoms with E-state index in [1.54, 1.807) is 13.1 Å². The predicted molar refractivity (Wildman–Crippen MR) is 74.1 cm³/mol. The van der Waals surface area contributed by atoms with Crippen molar-refractivity contribution in [2.45, 2.75) is 12.7 Å². The van der Waals surface area contributed by atoms with Gasteiger partial charge in [0.05, 0.1) is 11.8 Å². The van der Waals surface area contributed by atoms with Gasteiger partial charge in [-0.2, -0.15) is 18.3 Å². The van der Waals surface area contributed by atoms with Crippen LogP contribution < -0.4 is 11.1 Å². The molecular formula is C12H12BrF3N4. The molecule has 0 aliphatic rings. The molecule has 0 atom stereocenters. The Morgan fingerprint density at radius 1 is 1.40 bits per heavy atom. The molecule has 2 aromatic rings. The normalized spacial score (nSPS) is 11.7. The highest BCUT2D eigenvalue weighted by Gasteiger charge is 2.33. The van der Waals surface area contributed by atoms with Crippen LogP contribution in [-0.2, 0) is 19.8 Å². The summed E-state index contributed by atoms with van der Waals surface area (Å²) < 4.78 is 40.6. The second kappa shape index (κ2) is 5.35. The molecule has 4 nitrogen and oxygen atoms in total. The first-order chi connectivity index (χ1) is 9.29. The van der Waals surface area contributed by atoms with Gasteiger partial charge in [-0.15, -0.1) is 0 Å². The van der Waals surface area contributed by atoms with Crippen LogP contribution in [-0.4, -0.2) is 9.78 Å². The summed E-state index contributed by atoms with van der Waals surface area (Å²) in [6.07, 6.45) is -2.90. The van der Waals surface area contributed by atoms with Crippen molar-refractivity contribution in [2.24, 2.45) is 7.05 Å². The lowest BCUT2D eigenvalue weighted by molar-refractivity contribution is -0.137. The number of anilines is 2. The number of benzene rings is 1. The van der Waals surface area contributed by atoms with Crippen LogP contribution in [0.25, 0.3) is 0 Å². The fraction of sp³-hybridized carbons (Fsp3) is 0.250. The first-order valence-electron chi connectivity index (χ1n) is 5.66. The van der Waals surface area contributed by atoms with Crippen molar-refractivity contribution in [1.82, 2.24) is 9.78 Å². The Hall–Kier alpha value is -1.70. The molecule has 8 heteroatoms. The van der Waals surface area contributed by atoms with Gasteiger partial charge in [-0.1, -0.05) is 15.9 Å². The molecule has 1 aromatic carbocycles. The molecule has 0 aliphatic carbocycles. The Morgan fingerprint density at radius 3 is 2.65 bits per heavy atom. The highest BCUT2D eigenvalue weighted by molar-refractivity contribution is 9.10. The topological polar surface area (TPSA) is 55.9 Å². The molecule has 0 saturated heterocycles. The van der Waals surface area contributed by atoms with Crippen LogP contribution in [0, 0.1) is 0 Å². The first kappa shape index (κ1) is 14.7. The van der Waals surface area contributed by atoms with E-state index < -0.39 is 11.7 Å². The van der Waals surface area contributed by atoms with E-state index in [9.17, 15) is 13.2 Å². The lowest BCUT2D eigenvalue weighted by atomic mass is 10.1. The van der Waals surface area contributed by atoms with Gasteiger partial charge in [0.2, 0.25) is 0 Å². The van der Waals surface area contributed by atoms with Crippen molar-refractivity contribution >= 4 is 27.4 Å². The zero-order valence-corrected chi connectivity index (χ0v) is 12.1. The zero-order chi connectivity index (χ0) is 14.9. The molecule has 0 saturated carbocycles. The summed E-state index contributed by atoms with van der Waals surface area (Å²) in [4.78, 5) is 0. The Labute approximate surface area is 121 Å². The lowest BCUT2D eigenvalue weighted by Gasteiger charge is -2.14. The number of nitrogens with one attached hydrogen (secondary N) is 1. The van der Waals surface area contributed by atoms with Gasteiger partial charge >= 0.3 is 6.18 Å². The minimum atomic E-state index is -4.42. The minimum absolute atomic E-state index is 0.00366. The molecule has 108 valence electrons. The molecule has 0 amide bonds. The number of nitrogens with zero attached hydrogens (tertiary/aromatic N) is 2. The van der Waals surface area contributed by atoms with E-state index in [1.807, 2.05) is 0 Å². The maximum Gasteiger partial charge on any atom is 0.418 e. The van der Waals surface area contributed by atoms with E-state index in [1.165, 1.54) is 16.9 Å². The molecule has 0 fully saturated rings. The highest BCUT2D eigenvalue weighted by Crippen LogP contribution is 2.36. The third kappa shape index (κ3) is 3.06. The molecule has 1 heterocycles. The number of hydrogen-bond donors (Lipinski definition) is 2. The van der Waals surface area contributed by atoms with E-state index in [4.69, 9.17) is 5.73 Å². The molecule has 0 unspecified atom stereocenters. The SMILES string of the molecule is Cn1ncc(CNc2ccc(Br)cc2C(F)(F)F)c1N. The van der Waals surface area contributed by atoms with E-state index in [0.29, 0.717) is 15.9 Å². The van der Waals surface area contributed by atoms with Gasteiger partial charge in [0.1, 0.15) is 5.82 Å². The number of aryl methyl sites for hydroxylation is 1. The van der Waals surface area contributed by atoms with Gasteiger partial charge in [-0.05, 0) is 18.2 Å². The van der Waals surface area contributed by atoms with Gasteiger partial charge < -0.3 is 11.1 Å². The van der Waals surface area contributed by atoms with Crippen molar-refractivity contribution in [3.63, 3.8) is 0 Å². The van der Waals surface area contributed by atoms with Crippen molar-refractivity contribution in [2.75, 3.05) is 11.1 Å². The summed E-state index contributed by atoms with van der Waals surface area (Å²) in [5, 5.41) is 6.68. The van der Waals surface area contributed by atoms with E-state index >= 15 is 0 Å². The highest BCUT2D eigenvalue weighted by atomic mass is 79.9. The van der Waals surface area contributed by atoms with E-state index in [-0.39, 0.29) is 12.2 Å². The smallest absolute Gasteiger partial charge is 0.384 e. The molecule has 0 spiro atoms. The Morgan fingerprint density at radius 2 is 2.10 bits per heavy atom. The van der Waals surface area contributed by atoms with Crippen LogP contribution in [0.1, 0.15) is 11.1 Å². The second-order valence-corrected chi connectivity index (χ2v) is 5.14. The van der Waals surface area contributed by atoms with Crippen LogP contribution >= 0.6 is 15.9 Å². The standard InChI is InChI=1S/C12H12BrF3N4/c1-20-11(17)7(6-19-20)5-18-10-3-2-8(13)4-9(10)12(14,15)16/h2-4,6,18H,5,17H2,1H3. The lowest BCUT2D eigenvalue weighted by Crippen LogP contribution is -2.11. The van der Waals surface area contributed by atoms with Gasteiger partial charge in [0.25, 0.3) is 0 Å². The third-order valence-electron chi connectivity index (χ3n) is 2.82. The average Bonchev–Trinajstić information content (AvgIpc) is 2.67. The first-order valence-corrected chi connectivity index (χ1v) is 6.45. The fourth-order valence-corrected chi connectivity index (χ4v) is 2.09. The quantitative estimate of drug-likeness (QED) is 0.893. The van der Waals surface area contributed by atoms with Gasteiger partial charge in [0, 0.05) is 29.3 Å². The average molecular weight is 349 g/mol. The number of rotatable bonds is 3. The molecule has 1 aromatic heterocycles. The van der Waals surface area contributed by atoms with Crippen LogP contribution in [0.3, 0.4) is 0 Å². The van der Waals surface area contributed by atoms with Crippen molar-refractivity contribution < 1.29 is 13.2 Å². The number of nitrogens with two attached hydrogens (primary N) is 1. The van der Waals surface area contributed by atoms with Crippen LogP contribution in [0.4, 0.5) is 24.7 Å². The van der Waals surface area contributed by atoms with Crippen molar-refractivity contribution in [3.8, 4) is 0 Å². The molecule has 2 rings (SSSR count). The van der Waals surface area contributed by atoms with Crippen LogP contribution in [0.2, 0.25) is 0 Å². The Bertz CT molecular complexity index is 622. The number of nitrogen functional groups attached to an aromatic ring is 1. The Kier molecular flexibility index (Phi) is 3.94. The molecule has 0 aliphatic heterocycles. The predicted octanol–water partition coefficient (Wildman–Crippen LogP) is 3.40. The molecular weight excluding hydrogens is 337 g/mol. The summed E-state index contributed by atoms with van der Waals surface area (Å²) in [6.45, 7) is 0.171. The minimum Gasteiger partial charge on any atom is -0.384 e. The second-order valence-electron chi connectivity index (χ2n) is 4.22. The maximum atomic E-state index is 12.9. The molecule has 3 N–H and O–H groups in total. The van der Waals surface area contributed by atoms with Gasteiger partial charge in [-0.3, -0.25) is 4.68 Å². The van der Waals surface area contributed by atoms with Gasteiger partial charge in [0.15, 0.2) is 0 Å². The van der Waals surface area contributed by atoms with E-state index in [0.717, 1.165) is 6.07 Å².